The van der Waals surface area contributed by atoms with Crippen molar-refractivity contribution in [3.63, 3.8) is 0 Å². The van der Waals surface area contributed by atoms with E-state index in [1.54, 1.807) is 19.3 Å². The number of esters is 1. The summed E-state index contributed by atoms with van der Waals surface area (Å²) in [5.41, 5.74) is -0.188. The molecule has 0 atom stereocenters. The number of methoxy groups -OCH3 is 1. The number of amides is 1. The van der Waals surface area contributed by atoms with Crippen LogP contribution in [0, 0.1) is 10.8 Å². The maximum absolute atomic E-state index is 13.1. The second kappa shape index (κ2) is 12.0. The molecule has 3 aliphatic rings. The fourth-order valence-corrected chi connectivity index (χ4v) is 5.34. The highest BCUT2D eigenvalue weighted by Gasteiger charge is 2.49. The Bertz CT molecular complexity index is 827. The zero-order valence-corrected chi connectivity index (χ0v) is 22.9. The summed E-state index contributed by atoms with van der Waals surface area (Å²) in [5.74, 6) is -0.107. The van der Waals surface area contributed by atoms with Crippen molar-refractivity contribution >= 4 is 12.1 Å². The van der Waals surface area contributed by atoms with Gasteiger partial charge >= 0.3 is 12.1 Å². The van der Waals surface area contributed by atoms with Gasteiger partial charge in [-0.05, 0) is 78.0 Å². The lowest BCUT2D eigenvalue weighted by Crippen LogP contribution is -2.54. The van der Waals surface area contributed by atoms with Gasteiger partial charge in [-0.1, -0.05) is 37.8 Å². The SMILES string of the molecule is C=C/C=C(\C=C)COC(=O)C1(CN2CCC(COC)(CN(C(=O)OC(C)(C)C)C3CC3)CC2)CCC1. The van der Waals surface area contributed by atoms with Gasteiger partial charge in [-0.3, -0.25) is 4.79 Å². The molecule has 0 aromatic heterocycles. The predicted molar refractivity (Wildman–Crippen MR) is 142 cm³/mol. The van der Waals surface area contributed by atoms with E-state index in [2.05, 4.69) is 18.1 Å². The monoisotopic (exact) mass is 502 g/mol. The molecular formula is C29H46N2O5. The molecule has 7 nitrogen and oxygen atoms in total. The summed E-state index contributed by atoms with van der Waals surface area (Å²) in [6.45, 7) is 17.2. The van der Waals surface area contributed by atoms with E-state index in [-0.39, 0.29) is 30.1 Å². The van der Waals surface area contributed by atoms with Gasteiger partial charge in [-0.15, -0.1) is 0 Å². The van der Waals surface area contributed by atoms with E-state index in [1.807, 2.05) is 31.7 Å². The largest absolute Gasteiger partial charge is 0.460 e. The van der Waals surface area contributed by atoms with Crippen molar-refractivity contribution in [3.05, 3.63) is 37.0 Å². The van der Waals surface area contributed by atoms with Gasteiger partial charge in [0.05, 0.1) is 12.0 Å². The van der Waals surface area contributed by atoms with Gasteiger partial charge in [0.1, 0.15) is 12.2 Å². The van der Waals surface area contributed by atoms with Crippen LogP contribution in [0.1, 0.15) is 65.7 Å². The van der Waals surface area contributed by atoms with Crippen LogP contribution >= 0.6 is 0 Å². The van der Waals surface area contributed by atoms with Crippen LogP contribution in [-0.4, -0.2) is 80.0 Å². The van der Waals surface area contributed by atoms with Crippen LogP contribution < -0.4 is 0 Å². The maximum atomic E-state index is 13.1. The molecule has 3 rings (SSSR count). The maximum Gasteiger partial charge on any atom is 0.410 e. The Balaban J connectivity index is 1.60. The first-order chi connectivity index (χ1) is 17.1. The van der Waals surface area contributed by atoms with Crippen LogP contribution in [0.3, 0.4) is 0 Å². The fraction of sp³-hybridized carbons (Fsp3) is 0.724. The first-order valence-corrected chi connectivity index (χ1v) is 13.4. The lowest BCUT2D eigenvalue weighted by Gasteiger charge is -2.48. The van der Waals surface area contributed by atoms with E-state index < -0.39 is 11.0 Å². The van der Waals surface area contributed by atoms with E-state index in [9.17, 15) is 9.59 Å². The topological polar surface area (TPSA) is 68.3 Å². The third-order valence-corrected chi connectivity index (χ3v) is 7.72. The molecule has 0 N–H and O–H groups in total. The summed E-state index contributed by atoms with van der Waals surface area (Å²) >= 11 is 0. The molecule has 1 aliphatic heterocycles. The van der Waals surface area contributed by atoms with Gasteiger partial charge in [-0.25, -0.2) is 4.79 Å². The average Bonchev–Trinajstić information content (AvgIpc) is 3.63. The number of carbonyl (C=O) groups excluding carboxylic acids is 2. The lowest BCUT2D eigenvalue weighted by molar-refractivity contribution is -0.163. The Morgan fingerprint density at radius 1 is 1.11 bits per heavy atom. The molecule has 2 aliphatic carbocycles. The molecule has 0 aromatic rings. The molecule has 2 saturated carbocycles. The minimum atomic E-state index is -0.512. The molecular weight excluding hydrogens is 456 g/mol. The van der Waals surface area contributed by atoms with E-state index in [0.717, 1.165) is 70.2 Å². The number of ether oxygens (including phenoxy) is 3. The number of carbonyl (C=O) groups is 2. The molecule has 0 bridgehead atoms. The number of allylic oxidation sites excluding steroid dienone is 2. The molecule has 0 unspecified atom stereocenters. The molecule has 1 amide bonds. The van der Waals surface area contributed by atoms with Gasteiger partial charge in [0.15, 0.2) is 0 Å². The molecule has 0 aromatic carbocycles. The summed E-state index contributed by atoms with van der Waals surface area (Å²) in [5, 5.41) is 0. The Labute approximate surface area is 217 Å². The highest BCUT2D eigenvalue weighted by atomic mass is 16.6. The minimum Gasteiger partial charge on any atom is -0.460 e. The molecule has 7 heteroatoms. The highest BCUT2D eigenvalue weighted by molar-refractivity contribution is 5.78. The number of likely N-dealkylation sites (tertiary alicyclic amines) is 1. The molecule has 3 fully saturated rings. The molecule has 36 heavy (non-hydrogen) atoms. The zero-order chi connectivity index (χ0) is 26.4. The Hall–Kier alpha value is -2.12. The van der Waals surface area contributed by atoms with Crippen molar-refractivity contribution in [2.45, 2.75) is 77.4 Å². The van der Waals surface area contributed by atoms with Crippen molar-refractivity contribution in [1.82, 2.24) is 9.80 Å². The van der Waals surface area contributed by atoms with Crippen LogP contribution in [0.2, 0.25) is 0 Å². The molecule has 1 heterocycles. The van der Waals surface area contributed by atoms with Gasteiger partial charge in [0.25, 0.3) is 0 Å². The molecule has 202 valence electrons. The average molecular weight is 503 g/mol. The summed E-state index contributed by atoms with van der Waals surface area (Å²) in [4.78, 5) is 30.4. The van der Waals surface area contributed by atoms with Crippen molar-refractivity contribution < 1.29 is 23.8 Å². The standard InChI is InChI=1S/C29H46N2O5/c1-7-10-23(8-2)19-35-25(32)29(13-9-14-29)21-30-17-15-28(16-18-30,22-34-6)20-31(24-11-12-24)26(33)36-27(3,4)5/h7-8,10,24H,1-2,9,11-22H2,3-6H3/b23-10+. The number of nitrogens with zero attached hydrogens (tertiary/aromatic N) is 2. The van der Waals surface area contributed by atoms with E-state index in [1.165, 1.54) is 0 Å². The highest BCUT2D eigenvalue weighted by Crippen LogP contribution is 2.45. The Kier molecular flexibility index (Phi) is 9.44. The van der Waals surface area contributed by atoms with Gasteiger partial charge in [0.2, 0.25) is 0 Å². The van der Waals surface area contributed by atoms with Gasteiger partial charge in [-0.2, -0.15) is 0 Å². The second-order valence-corrected chi connectivity index (χ2v) is 11.9. The van der Waals surface area contributed by atoms with Gasteiger partial charge in [0, 0.05) is 31.7 Å². The van der Waals surface area contributed by atoms with E-state index in [0.29, 0.717) is 13.2 Å². The Morgan fingerprint density at radius 3 is 2.25 bits per heavy atom. The van der Waals surface area contributed by atoms with E-state index >= 15 is 0 Å². The van der Waals surface area contributed by atoms with Crippen molar-refractivity contribution in [1.29, 1.82) is 0 Å². The fourth-order valence-electron chi connectivity index (χ4n) is 5.34. The van der Waals surface area contributed by atoms with Crippen molar-refractivity contribution in [2.75, 3.05) is 46.5 Å². The lowest BCUT2D eigenvalue weighted by atomic mass is 9.67. The molecule has 0 spiro atoms. The smallest absolute Gasteiger partial charge is 0.410 e. The van der Waals surface area contributed by atoms with Crippen LogP contribution in [0.4, 0.5) is 4.79 Å². The molecule has 1 saturated heterocycles. The normalized spacial score (nSPS) is 21.7. The molecule has 0 radical (unpaired) electrons. The second-order valence-electron chi connectivity index (χ2n) is 11.9. The number of rotatable bonds is 12. The quantitative estimate of drug-likeness (QED) is 0.272. The zero-order valence-electron chi connectivity index (χ0n) is 22.9. The van der Waals surface area contributed by atoms with Crippen LogP contribution in [0.15, 0.2) is 37.0 Å². The van der Waals surface area contributed by atoms with Gasteiger partial charge < -0.3 is 24.0 Å². The Morgan fingerprint density at radius 2 is 1.78 bits per heavy atom. The van der Waals surface area contributed by atoms with Crippen LogP contribution in [0.25, 0.3) is 0 Å². The summed E-state index contributed by atoms with van der Waals surface area (Å²) < 4.78 is 17.1. The van der Waals surface area contributed by atoms with Crippen molar-refractivity contribution in [2.24, 2.45) is 10.8 Å². The van der Waals surface area contributed by atoms with E-state index in [4.69, 9.17) is 14.2 Å². The summed E-state index contributed by atoms with van der Waals surface area (Å²) in [6.07, 6.45) is 11.7. The summed E-state index contributed by atoms with van der Waals surface area (Å²) in [6, 6.07) is 0.273. The predicted octanol–water partition coefficient (Wildman–Crippen LogP) is 5.13. The van der Waals surface area contributed by atoms with Crippen LogP contribution in [0.5, 0.6) is 0 Å². The van der Waals surface area contributed by atoms with Crippen molar-refractivity contribution in [3.8, 4) is 0 Å². The third kappa shape index (κ3) is 7.45. The third-order valence-electron chi connectivity index (χ3n) is 7.72. The number of hydrogen-bond donors (Lipinski definition) is 0. The minimum absolute atomic E-state index is 0.105. The number of piperidine rings is 1. The van der Waals surface area contributed by atoms with Crippen LogP contribution in [-0.2, 0) is 19.0 Å². The first kappa shape index (κ1) is 28.5. The number of hydrogen-bond acceptors (Lipinski definition) is 6. The summed E-state index contributed by atoms with van der Waals surface area (Å²) in [7, 11) is 1.74. The first-order valence-electron chi connectivity index (χ1n) is 13.4.